The number of ether oxygens (including phenoxy) is 3. The molecule has 0 saturated carbocycles. The number of nitrogen functional groups attached to an aromatic ring is 2. The fourth-order valence-electron chi connectivity index (χ4n) is 6.06. The summed E-state index contributed by atoms with van der Waals surface area (Å²) >= 11 is 0. The lowest BCUT2D eigenvalue weighted by atomic mass is 10.1. The van der Waals surface area contributed by atoms with E-state index in [1.54, 1.807) is 0 Å². The van der Waals surface area contributed by atoms with Gasteiger partial charge >= 0.3 is 27.3 Å². The topological polar surface area (TPSA) is 368 Å². The Hall–Kier alpha value is -3.52. The van der Waals surface area contributed by atoms with Crippen molar-refractivity contribution in [1.82, 2.24) is 39.7 Å². The summed E-state index contributed by atoms with van der Waals surface area (Å²) in [5, 5.41) is 17.8. The highest BCUT2D eigenvalue weighted by atomic mass is 31.2. The van der Waals surface area contributed by atoms with E-state index in [4.69, 9.17) is 40.5 Å². The highest BCUT2D eigenvalue weighted by Crippen LogP contribution is 2.50. The maximum atomic E-state index is 13.3. The fraction of sp³-hybridized carbons (Fsp3) is 0.615. The second-order valence-corrected chi connectivity index (χ2v) is 15.0. The van der Waals surface area contributed by atoms with E-state index in [2.05, 4.69) is 35.1 Å². The van der Waals surface area contributed by atoms with Crippen molar-refractivity contribution in [2.75, 3.05) is 37.9 Å². The number of phosphoric acid groups is 2. The van der Waals surface area contributed by atoms with E-state index >= 15 is 0 Å². The van der Waals surface area contributed by atoms with Crippen molar-refractivity contribution < 1.29 is 61.5 Å². The molecule has 0 aliphatic carbocycles. The van der Waals surface area contributed by atoms with Crippen LogP contribution in [-0.4, -0.2) is 124 Å². The van der Waals surface area contributed by atoms with Crippen LogP contribution in [0.2, 0.25) is 0 Å². The first kappa shape index (κ1) is 39.2. The van der Waals surface area contributed by atoms with Crippen LogP contribution >= 0.6 is 15.6 Å². The number of nitrogens with two attached hydrogens (primary N) is 3. The van der Waals surface area contributed by atoms with Crippen molar-refractivity contribution >= 4 is 44.4 Å². The van der Waals surface area contributed by atoms with Gasteiger partial charge in [0.2, 0.25) is 0 Å². The number of rotatable bonds is 15. The molecule has 292 valence electrons. The van der Waals surface area contributed by atoms with Gasteiger partial charge in [0.15, 0.2) is 23.8 Å². The third-order valence-electron chi connectivity index (χ3n) is 8.68. The fourth-order valence-corrected chi connectivity index (χ4v) is 7.36. The van der Waals surface area contributed by atoms with E-state index in [0.717, 1.165) is 10.9 Å². The lowest BCUT2D eigenvalue weighted by Crippen LogP contribution is -2.43. The van der Waals surface area contributed by atoms with E-state index in [0.29, 0.717) is 19.6 Å². The maximum absolute atomic E-state index is 13.3. The first-order valence-electron chi connectivity index (χ1n) is 16.1. The lowest BCUT2D eigenvalue weighted by molar-refractivity contribution is -0.158. The van der Waals surface area contributed by atoms with Gasteiger partial charge in [-0.15, -0.1) is 0 Å². The smallest absolute Gasteiger partial charge is 0.455 e. The number of nitrogens with zero attached hydrogens (tertiary/aromatic N) is 6. The van der Waals surface area contributed by atoms with Crippen LogP contribution < -0.4 is 33.5 Å². The zero-order chi connectivity index (χ0) is 38.1. The normalized spacial score (nSPS) is 29.4. The number of phosphoric ester groups is 2. The Morgan fingerprint density at radius 3 is 2.58 bits per heavy atom. The second kappa shape index (κ2) is 16.1. The van der Waals surface area contributed by atoms with Crippen LogP contribution in [0.5, 0.6) is 0 Å². The SMILES string of the molecule is Nc1ccn([C@H]2CC(OP(=O)(O)OC[C@H]3O[C@@H](n4cnc5c(N)ncnc54)[C@H](O)[C@@H]3OC(=O)[C@@H](N)CCC3CNCN3)[C@@H](COP(=O)(O)O)O2)c(=O)n1. The molecule has 0 spiro atoms. The number of carbonyl (C=O) groups is 1. The Kier molecular flexibility index (Phi) is 11.9. The van der Waals surface area contributed by atoms with Crippen molar-refractivity contribution in [3.05, 3.63) is 35.4 Å². The Morgan fingerprint density at radius 1 is 1.09 bits per heavy atom. The lowest BCUT2D eigenvalue weighted by Gasteiger charge is -2.24. The Morgan fingerprint density at radius 2 is 1.87 bits per heavy atom. The molecule has 0 bridgehead atoms. The third-order valence-corrected chi connectivity index (χ3v) is 10.2. The molecule has 3 aromatic heterocycles. The first-order valence-corrected chi connectivity index (χ1v) is 19.1. The van der Waals surface area contributed by atoms with Crippen LogP contribution in [0.4, 0.5) is 11.6 Å². The van der Waals surface area contributed by atoms with Crippen molar-refractivity contribution in [3.8, 4) is 0 Å². The number of anilines is 2. The Bertz CT molecular complexity index is 1930. The number of aliphatic hydroxyl groups is 1. The second-order valence-electron chi connectivity index (χ2n) is 12.4. The Labute approximate surface area is 298 Å². The standard InChI is InChI=1S/C26H39N11O14P2/c27-13(2-1-12-6-30-9-31-12)25(39)50-21-16(49-24(20(21)38)37-11-34-19-22(29)32-10-33-23(19)37)8-47-53(44,45)51-14-5-18(36-4-3-17(28)35-26(36)40)48-15(14)7-46-52(41,42)43/h3-4,10-16,18,20-21,24,30-31,38H,1-2,5-9,27H2,(H,44,45)(H2,28,35,40)(H2,29,32,33)(H2,41,42,43)/t12?,13-,14?,15+,16+,18+,20+,21+,24+/m0/s1. The minimum Gasteiger partial charge on any atom is -0.455 e. The zero-order valence-corrected chi connectivity index (χ0v) is 29.4. The number of esters is 1. The maximum Gasteiger partial charge on any atom is 0.472 e. The summed E-state index contributed by atoms with van der Waals surface area (Å²) in [6.45, 7) is -0.317. The van der Waals surface area contributed by atoms with Crippen LogP contribution in [0.3, 0.4) is 0 Å². The molecule has 6 heterocycles. The van der Waals surface area contributed by atoms with Gasteiger partial charge in [-0.3, -0.25) is 27.5 Å². The summed E-state index contributed by atoms with van der Waals surface area (Å²) in [5.41, 5.74) is 17.1. The van der Waals surface area contributed by atoms with Crippen molar-refractivity contribution in [3.63, 3.8) is 0 Å². The van der Waals surface area contributed by atoms with E-state index in [1.807, 2.05) is 0 Å². The Balaban J connectivity index is 1.17. The predicted octanol–water partition coefficient (Wildman–Crippen LogP) is -3.06. The average Bonchev–Trinajstić information content (AvgIpc) is 3.89. The number of imidazole rings is 1. The van der Waals surface area contributed by atoms with Crippen LogP contribution in [0.1, 0.15) is 31.7 Å². The summed E-state index contributed by atoms with van der Waals surface area (Å²) in [6.07, 6.45) is -5.72. The first-order chi connectivity index (χ1) is 25.1. The molecule has 53 heavy (non-hydrogen) atoms. The summed E-state index contributed by atoms with van der Waals surface area (Å²) in [7, 11) is -10.2. The zero-order valence-electron chi connectivity index (χ0n) is 27.6. The van der Waals surface area contributed by atoms with Gasteiger partial charge in [-0.25, -0.2) is 28.9 Å². The van der Waals surface area contributed by atoms with E-state index in [9.17, 15) is 38.5 Å². The molecule has 0 radical (unpaired) electrons. The molecular weight excluding hydrogens is 752 g/mol. The van der Waals surface area contributed by atoms with Crippen LogP contribution in [-0.2, 0) is 41.7 Å². The van der Waals surface area contributed by atoms with Crippen LogP contribution in [0.25, 0.3) is 11.2 Å². The number of aromatic nitrogens is 6. The average molecular weight is 792 g/mol. The number of nitrogens with one attached hydrogen (secondary N) is 2. The summed E-state index contributed by atoms with van der Waals surface area (Å²) in [4.78, 5) is 70.6. The van der Waals surface area contributed by atoms with E-state index in [1.165, 1.54) is 23.2 Å². The van der Waals surface area contributed by atoms with E-state index in [-0.39, 0.29) is 41.7 Å². The van der Waals surface area contributed by atoms with Crippen molar-refractivity contribution in [2.24, 2.45) is 5.73 Å². The van der Waals surface area contributed by atoms with Crippen molar-refractivity contribution in [1.29, 1.82) is 0 Å². The molecular formula is C26H39N11O14P2. The van der Waals surface area contributed by atoms with Gasteiger partial charge in [-0.2, -0.15) is 4.98 Å². The van der Waals surface area contributed by atoms with E-state index < -0.39 is 89.5 Å². The molecule has 3 saturated heterocycles. The molecule has 3 aliphatic heterocycles. The van der Waals surface area contributed by atoms with Crippen LogP contribution in [0, 0.1) is 0 Å². The molecule has 6 rings (SSSR count). The number of aliphatic hydroxyl groups excluding tert-OH is 1. The van der Waals surface area contributed by atoms with Gasteiger partial charge < -0.3 is 61.8 Å². The van der Waals surface area contributed by atoms with Gasteiger partial charge in [0.25, 0.3) is 0 Å². The quantitative estimate of drug-likeness (QED) is 0.0545. The molecule has 0 aromatic carbocycles. The van der Waals surface area contributed by atoms with Gasteiger partial charge in [0, 0.05) is 31.9 Å². The van der Waals surface area contributed by atoms with Crippen molar-refractivity contribution in [2.45, 2.75) is 74.3 Å². The van der Waals surface area contributed by atoms with Gasteiger partial charge in [0.1, 0.15) is 54.3 Å². The summed E-state index contributed by atoms with van der Waals surface area (Å²) in [5.74, 6) is -0.925. The third kappa shape index (κ3) is 9.41. The number of hydrogen-bond donors (Lipinski definition) is 9. The monoisotopic (exact) mass is 791 g/mol. The number of hydrogen-bond acceptors (Lipinski definition) is 20. The molecule has 3 aliphatic rings. The molecule has 12 N–H and O–H groups in total. The highest BCUT2D eigenvalue weighted by molar-refractivity contribution is 7.47. The number of carbonyl (C=O) groups excluding carboxylic acids is 1. The van der Waals surface area contributed by atoms with Gasteiger partial charge in [-0.05, 0) is 18.9 Å². The molecule has 3 unspecified atom stereocenters. The minimum absolute atomic E-state index is 0.0422. The molecule has 3 fully saturated rings. The largest absolute Gasteiger partial charge is 0.472 e. The highest BCUT2D eigenvalue weighted by Gasteiger charge is 2.50. The molecule has 27 heteroatoms. The minimum atomic E-state index is -5.13. The predicted molar refractivity (Wildman–Crippen MR) is 177 cm³/mol. The molecule has 25 nitrogen and oxygen atoms in total. The summed E-state index contributed by atoms with van der Waals surface area (Å²) < 4.78 is 59.5. The molecule has 10 atom stereocenters. The summed E-state index contributed by atoms with van der Waals surface area (Å²) in [6, 6.07) is 0.291. The van der Waals surface area contributed by atoms with Gasteiger partial charge in [-0.1, -0.05) is 0 Å². The number of fused-ring (bicyclic) bond motifs is 1. The molecule has 3 aromatic rings. The molecule has 0 amide bonds. The van der Waals surface area contributed by atoms with Gasteiger partial charge in [0.05, 0.1) is 19.5 Å². The van der Waals surface area contributed by atoms with Crippen LogP contribution in [0.15, 0.2) is 29.7 Å².